The summed E-state index contributed by atoms with van der Waals surface area (Å²) in [5.74, 6) is 0. The van der Waals surface area contributed by atoms with Crippen LogP contribution < -0.4 is 0 Å². The van der Waals surface area contributed by atoms with E-state index in [1.165, 1.54) is 0 Å². The highest BCUT2D eigenvalue weighted by Crippen LogP contribution is 2.16. The second-order valence-electron chi connectivity index (χ2n) is 3.12. The van der Waals surface area contributed by atoms with Gasteiger partial charge in [-0.1, -0.05) is 0 Å². The van der Waals surface area contributed by atoms with E-state index in [9.17, 15) is 0 Å². The molecule has 0 amide bonds. The molecule has 2 aromatic rings. The monoisotopic (exact) mass is 186 g/mol. The predicted octanol–water partition coefficient (Wildman–Crippen LogP) is 1.51. The van der Waals surface area contributed by atoms with Gasteiger partial charge in [-0.25, -0.2) is 0 Å². The molecule has 70 valence electrons. The Morgan fingerprint density at radius 3 is 2.93 bits per heavy atom. The Balaban J connectivity index is 2.55. The number of fused-ring (bicyclic) bond motifs is 1. The summed E-state index contributed by atoms with van der Waals surface area (Å²) in [6.07, 6.45) is 1.92. The first-order valence-electron chi connectivity index (χ1n) is 4.45. The zero-order valence-electron chi connectivity index (χ0n) is 7.64. The van der Waals surface area contributed by atoms with Crippen LogP contribution in [0.2, 0.25) is 0 Å². The molecule has 0 fully saturated rings. The zero-order valence-corrected chi connectivity index (χ0v) is 7.64. The predicted molar refractivity (Wildman–Crippen MR) is 53.7 cm³/mol. The van der Waals surface area contributed by atoms with E-state index in [2.05, 4.69) is 6.07 Å². The van der Waals surface area contributed by atoms with Crippen molar-refractivity contribution >= 4 is 10.9 Å². The van der Waals surface area contributed by atoms with Gasteiger partial charge in [0.15, 0.2) is 0 Å². The molecule has 3 heteroatoms. The third kappa shape index (κ3) is 1.36. The van der Waals surface area contributed by atoms with Gasteiger partial charge in [0.05, 0.1) is 18.2 Å². The first-order valence-corrected chi connectivity index (χ1v) is 4.45. The molecule has 2 rings (SSSR count). The molecule has 0 aliphatic carbocycles. The van der Waals surface area contributed by atoms with E-state index in [0.29, 0.717) is 12.1 Å². The first-order chi connectivity index (χ1) is 6.85. The minimum Gasteiger partial charge on any atom is -0.395 e. The Labute approximate surface area is 81.8 Å². The fraction of sp³-hybridized carbons (Fsp3) is 0.182. The average Bonchev–Trinajstić information content (AvgIpc) is 2.61. The van der Waals surface area contributed by atoms with Crippen LogP contribution in [0.5, 0.6) is 0 Å². The van der Waals surface area contributed by atoms with Crippen molar-refractivity contribution in [2.75, 3.05) is 6.61 Å². The van der Waals surface area contributed by atoms with Gasteiger partial charge >= 0.3 is 0 Å². The SMILES string of the molecule is N#Cc1ccc2c(ccn2CCO)c1. The number of nitriles is 1. The third-order valence-corrected chi connectivity index (χ3v) is 2.24. The molecule has 0 radical (unpaired) electrons. The molecule has 0 saturated carbocycles. The van der Waals surface area contributed by atoms with Crippen LogP contribution in [0.1, 0.15) is 5.56 Å². The molecular formula is C11H10N2O. The lowest BCUT2D eigenvalue weighted by atomic mass is 10.2. The van der Waals surface area contributed by atoms with Gasteiger partial charge < -0.3 is 9.67 Å². The largest absolute Gasteiger partial charge is 0.395 e. The fourth-order valence-electron chi connectivity index (χ4n) is 1.57. The van der Waals surface area contributed by atoms with Crippen molar-refractivity contribution in [3.8, 4) is 6.07 Å². The summed E-state index contributed by atoms with van der Waals surface area (Å²) in [6.45, 7) is 0.721. The Kier molecular flexibility index (Phi) is 2.21. The first kappa shape index (κ1) is 8.79. The van der Waals surface area contributed by atoms with Gasteiger partial charge in [0.1, 0.15) is 0 Å². The van der Waals surface area contributed by atoms with Crippen LogP contribution in [0.15, 0.2) is 30.5 Å². The quantitative estimate of drug-likeness (QED) is 0.772. The zero-order chi connectivity index (χ0) is 9.97. The second kappa shape index (κ2) is 3.52. The summed E-state index contributed by atoms with van der Waals surface area (Å²) >= 11 is 0. The Bertz CT molecular complexity index is 493. The lowest BCUT2D eigenvalue weighted by Crippen LogP contribution is -1.99. The highest BCUT2D eigenvalue weighted by molar-refractivity contribution is 5.81. The van der Waals surface area contributed by atoms with Gasteiger partial charge in [0.2, 0.25) is 0 Å². The molecule has 0 saturated heterocycles. The summed E-state index contributed by atoms with van der Waals surface area (Å²) in [5.41, 5.74) is 1.72. The van der Waals surface area contributed by atoms with Crippen molar-refractivity contribution in [3.05, 3.63) is 36.0 Å². The fourth-order valence-corrected chi connectivity index (χ4v) is 1.57. The van der Waals surface area contributed by atoms with Crippen LogP contribution in [0.3, 0.4) is 0 Å². The molecule has 0 unspecified atom stereocenters. The van der Waals surface area contributed by atoms with Gasteiger partial charge in [-0.2, -0.15) is 5.26 Å². The van der Waals surface area contributed by atoms with Crippen molar-refractivity contribution in [1.82, 2.24) is 4.57 Å². The van der Waals surface area contributed by atoms with Crippen molar-refractivity contribution in [1.29, 1.82) is 5.26 Å². The Morgan fingerprint density at radius 2 is 2.21 bits per heavy atom. The molecule has 0 aliphatic heterocycles. The van der Waals surface area contributed by atoms with E-state index < -0.39 is 0 Å². The average molecular weight is 186 g/mol. The number of hydrogen-bond acceptors (Lipinski definition) is 2. The van der Waals surface area contributed by atoms with Gasteiger partial charge in [0.25, 0.3) is 0 Å². The molecular weight excluding hydrogens is 176 g/mol. The molecule has 3 nitrogen and oxygen atoms in total. The van der Waals surface area contributed by atoms with E-state index in [1.807, 2.05) is 29.0 Å². The molecule has 1 heterocycles. The second-order valence-corrected chi connectivity index (χ2v) is 3.12. The number of nitrogens with zero attached hydrogens (tertiary/aromatic N) is 2. The van der Waals surface area contributed by atoms with E-state index >= 15 is 0 Å². The smallest absolute Gasteiger partial charge is 0.0991 e. The standard InChI is InChI=1S/C11H10N2O/c12-8-9-1-2-11-10(7-9)3-4-13(11)5-6-14/h1-4,7,14H,5-6H2. The molecule has 1 aromatic heterocycles. The van der Waals surface area contributed by atoms with Crippen LogP contribution in [0.4, 0.5) is 0 Å². The van der Waals surface area contributed by atoms with Gasteiger partial charge in [-0.15, -0.1) is 0 Å². The molecule has 14 heavy (non-hydrogen) atoms. The Hall–Kier alpha value is -1.79. The van der Waals surface area contributed by atoms with Crippen molar-refractivity contribution in [2.24, 2.45) is 0 Å². The highest BCUT2D eigenvalue weighted by atomic mass is 16.3. The lowest BCUT2D eigenvalue weighted by molar-refractivity contribution is 0.278. The van der Waals surface area contributed by atoms with Gasteiger partial charge in [0, 0.05) is 23.6 Å². The summed E-state index contributed by atoms with van der Waals surface area (Å²) in [5, 5.41) is 18.6. The molecule has 1 aromatic carbocycles. The van der Waals surface area contributed by atoms with Gasteiger partial charge in [-0.05, 0) is 24.3 Å². The summed E-state index contributed by atoms with van der Waals surface area (Å²) < 4.78 is 1.97. The number of aliphatic hydroxyl groups excluding tert-OH is 1. The topological polar surface area (TPSA) is 49.0 Å². The van der Waals surface area contributed by atoms with Crippen LogP contribution >= 0.6 is 0 Å². The number of rotatable bonds is 2. The van der Waals surface area contributed by atoms with Crippen LogP contribution in [-0.2, 0) is 6.54 Å². The maximum absolute atomic E-state index is 8.83. The van der Waals surface area contributed by atoms with Crippen molar-refractivity contribution in [3.63, 3.8) is 0 Å². The molecule has 1 N–H and O–H groups in total. The van der Waals surface area contributed by atoms with Crippen LogP contribution in [-0.4, -0.2) is 16.3 Å². The molecule has 0 spiro atoms. The normalized spacial score (nSPS) is 10.3. The number of benzene rings is 1. The number of hydrogen-bond donors (Lipinski definition) is 1. The van der Waals surface area contributed by atoms with E-state index in [4.69, 9.17) is 10.4 Å². The van der Waals surface area contributed by atoms with Crippen LogP contribution in [0.25, 0.3) is 10.9 Å². The molecule has 0 bridgehead atoms. The summed E-state index contributed by atoms with van der Waals surface area (Å²) in [4.78, 5) is 0. The minimum absolute atomic E-state index is 0.129. The highest BCUT2D eigenvalue weighted by Gasteiger charge is 2.00. The molecule has 0 aliphatic rings. The summed E-state index contributed by atoms with van der Waals surface area (Å²) in [7, 11) is 0. The van der Waals surface area contributed by atoms with E-state index in [-0.39, 0.29) is 6.61 Å². The number of aliphatic hydroxyl groups is 1. The van der Waals surface area contributed by atoms with E-state index in [1.54, 1.807) is 6.07 Å². The van der Waals surface area contributed by atoms with E-state index in [0.717, 1.165) is 10.9 Å². The summed E-state index contributed by atoms with van der Waals surface area (Å²) in [6, 6.07) is 9.60. The Morgan fingerprint density at radius 1 is 1.36 bits per heavy atom. The number of aromatic nitrogens is 1. The lowest BCUT2D eigenvalue weighted by Gasteiger charge is -2.01. The minimum atomic E-state index is 0.129. The van der Waals surface area contributed by atoms with Crippen molar-refractivity contribution in [2.45, 2.75) is 6.54 Å². The van der Waals surface area contributed by atoms with Crippen molar-refractivity contribution < 1.29 is 5.11 Å². The third-order valence-electron chi connectivity index (χ3n) is 2.24. The maximum Gasteiger partial charge on any atom is 0.0991 e. The van der Waals surface area contributed by atoms with Crippen LogP contribution in [0, 0.1) is 11.3 Å². The molecule has 0 atom stereocenters. The van der Waals surface area contributed by atoms with Gasteiger partial charge in [-0.3, -0.25) is 0 Å². The maximum atomic E-state index is 8.83.